The van der Waals surface area contributed by atoms with Crippen LogP contribution in [0.25, 0.3) is 0 Å². The molecule has 1 aliphatic heterocycles. The van der Waals surface area contributed by atoms with Gasteiger partial charge in [0.25, 0.3) is 0 Å². The third-order valence-corrected chi connectivity index (χ3v) is 5.19. The normalized spacial score (nSPS) is 32.8. The predicted molar refractivity (Wildman–Crippen MR) is 83.7 cm³/mol. The zero-order valence-corrected chi connectivity index (χ0v) is 13.8. The minimum atomic E-state index is 0.274. The molecule has 0 bridgehead atoms. The van der Waals surface area contributed by atoms with Crippen molar-refractivity contribution in [2.24, 2.45) is 5.92 Å². The first-order chi connectivity index (χ1) is 9.54. The van der Waals surface area contributed by atoms with Crippen molar-refractivity contribution in [3.8, 4) is 0 Å². The molecule has 0 spiro atoms. The Morgan fingerprint density at radius 1 is 1.25 bits per heavy atom. The predicted octanol–water partition coefficient (Wildman–Crippen LogP) is 3.29. The van der Waals surface area contributed by atoms with E-state index in [-0.39, 0.29) is 5.91 Å². The number of amides is 1. The van der Waals surface area contributed by atoms with Crippen LogP contribution in [0.3, 0.4) is 0 Å². The molecule has 0 aromatic rings. The van der Waals surface area contributed by atoms with Crippen LogP contribution in [0, 0.1) is 5.92 Å². The number of hydrogen-bond donors (Lipinski definition) is 0. The highest BCUT2D eigenvalue weighted by molar-refractivity contribution is 5.74. The van der Waals surface area contributed by atoms with Gasteiger partial charge in [-0.1, -0.05) is 33.1 Å². The molecule has 0 aromatic carbocycles. The molecule has 1 saturated heterocycles. The maximum Gasteiger partial charge on any atom is 0.220 e. The molecule has 1 saturated carbocycles. The number of nitrogens with zero attached hydrogens (tertiary/aromatic N) is 2. The first-order valence-electron chi connectivity index (χ1n) is 8.57. The number of piperazine rings is 1. The van der Waals surface area contributed by atoms with Crippen LogP contribution in [0.5, 0.6) is 0 Å². The Bertz CT molecular complexity index is 331. The van der Waals surface area contributed by atoms with Gasteiger partial charge in [0.15, 0.2) is 0 Å². The fourth-order valence-electron chi connectivity index (χ4n) is 4.47. The minimum absolute atomic E-state index is 0.274. The van der Waals surface area contributed by atoms with Gasteiger partial charge in [-0.2, -0.15) is 0 Å². The number of rotatable bonds is 4. The monoisotopic (exact) mass is 280 g/mol. The van der Waals surface area contributed by atoms with Gasteiger partial charge >= 0.3 is 0 Å². The summed E-state index contributed by atoms with van der Waals surface area (Å²) in [7, 11) is 0. The summed E-state index contributed by atoms with van der Waals surface area (Å²) >= 11 is 0. The van der Waals surface area contributed by atoms with Gasteiger partial charge in [0.2, 0.25) is 5.91 Å². The van der Waals surface area contributed by atoms with E-state index < -0.39 is 0 Å². The average Bonchev–Trinajstić information content (AvgIpc) is 2.38. The molecule has 2 aliphatic rings. The Morgan fingerprint density at radius 3 is 2.50 bits per heavy atom. The van der Waals surface area contributed by atoms with Crippen molar-refractivity contribution in [1.82, 2.24) is 9.80 Å². The third kappa shape index (κ3) is 3.36. The maximum atomic E-state index is 12.0. The molecule has 20 heavy (non-hydrogen) atoms. The average molecular weight is 280 g/mol. The summed E-state index contributed by atoms with van der Waals surface area (Å²) in [5, 5.41) is 0. The van der Waals surface area contributed by atoms with E-state index in [9.17, 15) is 4.79 Å². The van der Waals surface area contributed by atoms with Crippen LogP contribution < -0.4 is 0 Å². The molecule has 0 N–H and O–H groups in total. The molecule has 1 amide bonds. The van der Waals surface area contributed by atoms with Crippen molar-refractivity contribution in [3.63, 3.8) is 0 Å². The van der Waals surface area contributed by atoms with E-state index in [2.05, 4.69) is 30.6 Å². The summed E-state index contributed by atoms with van der Waals surface area (Å²) in [5.74, 6) is 1.05. The van der Waals surface area contributed by atoms with Gasteiger partial charge in [-0.3, -0.25) is 9.69 Å². The first kappa shape index (κ1) is 15.8. The van der Waals surface area contributed by atoms with Crippen LogP contribution in [0.4, 0.5) is 0 Å². The van der Waals surface area contributed by atoms with E-state index in [1.54, 1.807) is 6.92 Å². The lowest BCUT2D eigenvalue weighted by Gasteiger charge is -2.53. The lowest BCUT2D eigenvalue weighted by atomic mass is 9.84. The van der Waals surface area contributed by atoms with Crippen LogP contribution >= 0.6 is 0 Å². The lowest BCUT2D eigenvalue weighted by molar-refractivity contribution is -0.142. The molecule has 2 rings (SSSR count). The summed E-state index contributed by atoms with van der Waals surface area (Å²) in [4.78, 5) is 16.9. The number of carbonyl (C=O) groups is 1. The van der Waals surface area contributed by atoms with E-state index in [0.717, 1.165) is 12.5 Å². The van der Waals surface area contributed by atoms with Crippen LogP contribution in [-0.4, -0.2) is 46.9 Å². The largest absolute Gasteiger partial charge is 0.334 e. The summed E-state index contributed by atoms with van der Waals surface area (Å²) in [6, 6.07) is 1.46. The topological polar surface area (TPSA) is 23.6 Å². The molecule has 1 heterocycles. The second-order valence-corrected chi connectivity index (χ2v) is 7.04. The highest BCUT2D eigenvalue weighted by Gasteiger charge is 2.42. The van der Waals surface area contributed by atoms with E-state index in [1.807, 2.05) is 0 Å². The van der Waals surface area contributed by atoms with E-state index in [0.29, 0.717) is 18.1 Å². The lowest BCUT2D eigenvalue weighted by Crippen LogP contribution is -2.65. The van der Waals surface area contributed by atoms with Crippen molar-refractivity contribution < 1.29 is 4.79 Å². The molecule has 2 unspecified atom stereocenters. The highest BCUT2D eigenvalue weighted by atomic mass is 16.2. The van der Waals surface area contributed by atoms with Crippen molar-refractivity contribution in [2.75, 3.05) is 13.1 Å². The second kappa shape index (κ2) is 6.93. The molecule has 2 fully saturated rings. The van der Waals surface area contributed by atoms with Crippen LogP contribution in [0.2, 0.25) is 0 Å². The van der Waals surface area contributed by atoms with E-state index in [1.165, 1.54) is 45.1 Å². The van der Waals surface area contributed by atoms with Gasteiger partial charge in [-0.15, -0.1) is 0 Å². The van der Waals surface area contributed by atoms with Crippen molar-refractivity contribution in [2.45, 2.75) is 84.3 Å². The van der Waals surface area contributed by atoms with Gasteiger partial charge in [-0.25, -0.2) is 0 Å². The quantitative estimate of drug-likeness (QED) is 0.789. The van der Waals surface area contributed by atoms with Gasteiger partial charge in [0.1, 0.15) is 0 Å². The fraction of sp³-hybridized carbons (Fsp3) is 0.941. The van der Waals surface area contributed by atoms with Crippen molar-refractivity contribution >= 4 is 5.91 Å². The number of fused-ring (bicyclic) bond motifs is 1. The standard InChI is InChI=1S/C17H32N2O/c1-5-8-13(2)11-18-12-14(3)19(15(4)20)17-10-7-6-9-16(17)18/h13-14,16-17H,5-12H2,1-4H3/t13-,14+,16?,17?/m1/s1. The molecule has 116 valence electrons. The van der Waals surface area contributed by atoms with Crippen LogP contribution in [0.15, 0.2) is 0 Å². The minimum Gasteiger partial charge on any atom is -0.334 e. The van der Waals surface area contributed by atoms with Crippen LogP contribution in [0.1, 0.15) is 66.2 Å². The Hall–Kier alpha value is -0.570. The Labute approximate surface area is 124 Å². The SMILES string of the molecule is CCC[C@@H](C)CN1C[C@H](C)N(C(C)=O)C2CCCCC21. The van der Waals surface area contributed by atoms with Gasteiger partial charge in [-0.05, 0) is 32.1 Å². The summed E-state index contributed by atoms with van der Waals surface area (Å²) in [6.07, 6.45) is 7.69. The molecule has 0 aromatic heterocycles. The Morgan fingerprint density at radius 2 is 1.90 bits per heavy atom. The maximum absolute atomic E-state index is 12.0. The van der Waals surface area contributed by atoms with E-state index >= 15 is 0 Å². The smallest absolute Gasteiger partial charge is 0.220 e. The number of carbonyl (C=O) groups excluding carboxylic acids is 1. The molecular formula is C17H32N2O. The van der Waals surface area contributed by atoms with Crippen molar-refractivity contribution in [3.05, 3.63) is 0 Å². The zero-order chi connectivity index (χ0) is 14.7. The summed E-state index contributed by atoms with van der Waals surface area (Å²) in [6.45, 7) is 10.9. The molecule has 4 atom stereocenters. The van der Waals surface area contributed by atoms with Crippen molar-refractivity contribution in [1.29, 1.82) is 0 Å². The highest BCUT2D eigenvalue weighted by Crippen LogP contribution is 2.33. The van der Waals surface area contributed by atoms with Gasteiger partial charge in [0, 0.05) is 38.1 Å². The molecule has 3 heteroatoms. The number of hydrogen-bond acceptors (Lipinski definition) is 2. The van der Waals surface area contributed by atoms with Crippen LogP contribution in [-0.2, 0) is 4.79 Å². The third-order valence-electron chi connectivity index (χ3n) is 5.19. The summed E-state index contributed by atoms with van der Waals surface area (Å²) < 4.78 is 0. The van der Waals surface area contributed by atoms with Gasteiger partial charge < -0.3 is 4.90 Å². The van der Waals surface area contributed by atoms with Gasteiger partial charge in [0.05, 0.1) is 0 Å². The van der Waals surface area contributed by atoms with E-state index in [4.69, 9.17) is 0 Å². The Balaban J connectivity index is 2.09. The zero-order valence-electron chi connectivity index (χ0n) is 13.8. The molecule has 0 radical (unpaired) electrons. The molecule has 3 nitrogen and oxygen atoms in total. The molecule has 1 aliphatic carbocycles. The fourth-order valence-corrected chi connectivity index (χ4v) is 4.47. The Kier molecular flexibility index (Phi) is 5.48. The first-order valence-corrected chi connectivity index (χ1v) is 8.57. The summed E-state index contributed by atoms with van der Waals surface area (Å²) in [5.41, 5.74) is 0. The second-order valence-electron chi connectivity index (χ2n) is 7.04. The molecular weight excluding hydrogens is 248 g/mol.